The first-order valence-electron chi connectivity index (χ1n) is 9.03. The van der Waals surface area contributed by atoms with Gasteiger partial charge in [0.15, 0.2) is 6.10 Å². The predicted molar refractivity (Wildman–Crippen MR) is 111 cm³/mol. The summed E-state index contributed by atoms with van der Waals surface area (Å²) in [7, 11) is 0. The van der Waals surface area contributed by atoms with E-state index in [1.54, 1.807) is 12.1 Å². The first kappa shape index (κ1) is 20.6. The third kappa shape index (κ3) is 5.42. The van der Waals surface area contributed by atoms with Gasteiger partial charge in [0, 0.05) is 0 Å². The Hall–Kier alpha value is -3.18. The average Bonchev–Trinajstić information content (AvgIpc) is 2.71. The van der Waals surface area contributed by atoms with Crippen molar-refractivity contribution in [1.82, 2.24) is 0 Å². The standard InChI is InChI=1S/C23H19ClFNO3/c1-15(22(27)26-21-12-11-18(25)14-20(21)24)29-23(28)19-10-6-5-9-17(19)13-16-7-3-2-4-8-16/h2-12,14-15H,13H2,1H3,(H,26,27)/t15-/m0/s1. The van der Waals surface area contributed by atoms with Crippen molar-refractivity contribution < 1.29 is 18.7 Å². The molecule has 29 heavy (non-hydrogen) atoms. The summed E-state index contributed by atoms with van der Waals surface area (Å²) in [6.45, 7) is 1.46. The van der Waals surface area contributed by atoms with Crippen molar-refractivity contribution in [1.29, 1.82) is 0 Å². The second kappa shape index (κ2) is 9.34. The summed E-state index contributed by atoms with van der Waals surface area (Å²) in [5, 5.41) is 2.59. The number of carbonyl (C=O) groups excluding carboxylic acids is 2. The number of ether oxygens (including phenoxy) is 1. The Labute approximate surface area is 173 Å². The Morgan fingerprint density at radius 1 is 1.03 bits per heavy atom. The highest BCUT2D eigenvalue weighted by atomic mass is 35.5. The molecule has 0 saturated heterocycles. The Bertz CT molecular complexity index is 1020. The lowest BCUT2D eigenvalue weighted by Gasteiger charge is -2.16. The molecule has 0 unspecified atom stereocenters. The van der Waals surface area contributed by atoms with Gasteiger partial charge in [0.05, 0.1) is 16.3 Å². The highest BCUT2D eigenvalue weighted by Gasteiger charge is 2.21. The Kier molecular flexibility index (Phi) is 6.62. The molecule has 6 heteroatoms. The van der Waals surface area contributed by atoms with Crippen LogP contribution < -0.4 is 5.32 Å². The molecule has 1 amide bonds. The van der Waals surface area contributed by atoms with Gasteiger partial charge in [-0.3, -0.25) is 4.79 Å². The molecule has 0 aliphatic heterocycles. The maximum absolute atomic E-state index is 13.1. The molecule has 0 aliphatic carbocycles. The summed E-state index contributed by atoms with van der Waals surface area (Å²) in [5.41, 5.74) is 2.50. The fourth-order valence-corrected chi connectivity index (χ4v) is 3.01. The molecular weight excluding hydrogens is 393 g/mol. The van der Waals surface area contributed by atoms with Crippen LogP contribution in [-0.4, -0.2) is 18.0 Å². The minimum Gasteiger partial charge on any atom is -0.449 e. The topological polar surface area (TPSA) is 55.4 Å². The molecule has 0 aromatic heterocycles. The molecule has 0 radical (unpaired) electrons. The minimum atomic E-state index is -1.06. The Balaban J connectivity index is 1.69. The van der Waals surface area contributed by atoms with Gasteiger partial charge in [0.1, 0.15) is 5.82 Å². The summed E-state index contributed by atoms with van der Waals surface area (Å²) in [5.74, 6) is -1.67. The van der Waals surface area contributed by atoms with Crippen molar-refractivity contribution in [3.8, 4) is 0 Å². The number of anilines is 1. The zero-order chi connectivity index (χ0) is 20.8. The molecule has 0 aliphatic rings. The van der Waals surface area contributed by atoms with Gasteiger partial charge < -0.3 is 10.1 Å². The van der Waals surface area contributed by atoms with Crippen molar-refractivity contribution >= 4 is 29.2 Å². The highest BCUT2D eigenvalue weighted by Crippen LogP contribution is 2.23. The molecule has 148 valence electrons. The molecule has 3 aromatic rings. The maximum atomic E-state index is 13.1. The second-order valence-electron chi connectivity index (χ2n) is 6.48. The maximum Gasteiger partial charge on any atom is 0.339 e. The summed E-state index contributed by atoms with van der Waals surface area (Å²) in [6, 6.07) is 20.5. The van der Waals surface area contributed by atoms with Gasteiger partial charge in [0.2, 0.25) is 0 Å². The van der Waals surface area contributed by atoms with Gasteiger partial charge in [-0.05, 0) is 48.7 Å². The van der Waals surface area contributed by atoms with Crippen LogP contribution in [0.5, 0.6) is 0 Å². The fraction of sp³-hybridized carbons (Fsp3) is 0.130. The quantitative estimate of drug-likeness (QED) is 0.563. The van der Waals surface area contributed by atoms with Crippen LogP contribution in [0.2, 0.25) is 5.02 Å². The molecule has 3 rings (SSSR count). The Morgan fingerprint density at radius 3 is 2.45 bits per heavy atom. The number of carbonyl (C=O) groups is 2. The smallest absolute Gasteiger partial charge is 0.339 e. The monoisotopic (exact) mass is 411 g/mol. The molecule has 1 N–H and O–H groups in total. The van der Waals surface area contributed by atoms with Crippen LogP contribution in [0.25, 0.3) is 0 Å². The molecule has 4 nitrogen and oxygen atoms in total. The summed E-state index contributed by atoms with van der Waals surface area (Å²) in [6.07, 6.45) is -0.494. The lowest BCUT2D eigenvalue weighted by atomic mass is 10.00. The minimum absolute atomic E-state index is 0.0603. The SMILES string of the molecule is C[C@H](OC(=O)c1ccccc1Cc1ccccc1)C(=O)Nc1ccc(F)cc1Cl. The molecule has 0 bridgehead atoms. The van der Waals surface area contributed by atoms with Crippen LogP contribution in [0.3, 0.4) is 0 Å². The van der Waals surface area contributed by atoms with Crippen molar-refractivity contribution in [2.75, 3.05) is 5.32 Å². The summed E-state index contributed by atoms with van der Waals surface area (Å²) >= 11 is 5.92. The zero-order valence-corrected chi connectivity index (χ0v) is 16.4. The van der Waals surface area contributed by atoms with E-state index in [1.807, 2.05) is 42.5 Å². The van der Waals surface area contributed by atoms with Crippen molar-refractivity contribution in [3.63, 3.8) is 0 Å². The Morgan fingerprint density at radius 2 is 1.72 bits per heavy atom. The lowest BCUT2D eigenvalue weighted by Crippen LogP contribution is -2.30. The normalized spacial score (nSPS) is 11.6. The highest BCUT2D eigenvalue weighted by molar-refractivity contribution is 6.33. The second-order valence-corrected chi connectivity index (χ2v) is 6.89. The number of halogens is 2. The van der Waals surface area contributed by atoms with Crippen LogP contribution >= 0.6 is 11.6 Å². The molecule has 0 fully saturated rings. The average molecular weight is 412 g/mol. The van der Waals surface area contributed by atoms with Crippen LogP contribution in [-0.2, 0) is 16.0 Å². The third-order valence-corrected chi connectivity index (χ3v) is 4.63. The van der Waals surface area contributed by atoms with E-state index in [9.17, 15) is 14.0 Å². The number of hydrogen-bond donors (Lipinski definition) is 1. The van der Waals surface area contributed by atoms with Gasteiger partial charge in [-0.2, -0.15) is 0 Å². The van der Waals surface area contributed by atoms with E-state index in [1.165, 1.54) is 19.1 Å². The first-order chi connectivity index (χ1) is 13.9. The van der Waals surface area contributed by atoms with Crippen LogP contribution in [0, 0.1) is 5.82 Å². The third-order valence-electron chi connectivity index (χ3n) is 4.32. The molecule has 0 heterocycles. The van der Waals surface area contributed by atoms with E-state index >= 15 is 0 Å². The number of benzene rings is 3. The van der Waals surface area contributed by atoms with Crippen molar-refractivity contribution in [2.24, 2.45) is 0 Å². The predicted octanol–water partition coefficient (Wildman–Crippen LogP) is 5.25. The molecule has 1 atom stereocenters. The summed E-state index contributed by atoms with van der Waals surface area (Å²) < 4.78 is 18.5. The lowest BCUT2D eigenvalue weighted by molar-refractivity contribution is -0.123. The van der Waals surface area contributed by atoms with E-state index < -0.39 is 23.8 Å². The van der Waals surface area contributed by atoms with Crippen LogP contribution in [0.15, 0.2) is 72.8 Å². The fourth-order valence-electron chi connectivity index (χ4n) is 2.79. The molecule has 0 spiro atoms. The first-order valence-corrected chi connectivity index (χ1v) is 9.40. The molecule has 3 aromatic carbocycles. The number of esters is 1. The van der Waals surface area contributed by atoms with Gasteiger partial charge in [-0.15, -0.1) is 0 Å². The van der Waals surface area contributed by atoms with Gasteiger partial charge in [-0.1, -0.05) is 60.1 Å². The van der Waals surface area contributed by atoms with Gasteiger partial charge in [0.25, 0.3) is 5.91 Å². The largest absolute Gasteiger partial charge is 0.449 e. The number of rotatable bonds is 6. The van der Waals surface area contributed by atoms with Crippen LogP contribution in [0.4, 0.5) is 10.1 Å². The van der Waals surface area contributed by atoms with E-state index in [2.05, 4.69) is 5.32 Å². The van der Waals surface area contributed by atoms with Gasteiger partial charge in [-0.25, -0.2) is 9.18 Å². The van der Waals surface area contributed by atoms with Gasteiger partial charge >= 0.3 is 5.97 Å². The zero-order valence-electron chi connectivity index (χ0n) is 15.7. The summed E-state index contributed by atoms with van der Waals surface area (Å²) in [4.78, 5) is 25.0. The van der Waals surface area contributed by atoms with Crippen molar-refractivity contribution in [3.05, 3.63) is 100 Å². The molecular formula is C23H19ClFNO3. The van der Waals surface area contributed by atoms with E-state index in [4.69, 9.17) is 16.3 Å². The number of amides is 1. The van der Waals surface area contributed by atoms with Crippen molar-refractivity contribution in [2.45, 2.75) is 19.4 Å². The van der Waals surface area contributed by atoms with E-state index in [0.717, 1.165) is 17.2 Å². The van der Waals surface area contributed by atoms with E-state index in [0.29, 0.717) is 12.0 Å². The number of hydrogen-bond acceptors (Lipinski definition) is 3. The van der Waals surface area contributed by atoms with E-state index in [-0.39, 0.29) is 10.7 Å². The van der Waals surface area contributed by atoms with Crippen LogP contribution in [0.1, 0.15) is 28.4 Å². The molecule has 0 saturated carbocycles. The number of nitrogens with one attached hydrogen (secondary N) is 1.